The maximum absolute atomic E-state index is 13.5. The van der Waals surface area contributed by atoms with E-state index in [1.165, 1.54) is 0 Å². The predicted molar refractivity (Wildman–Crippen MR) is 153 cm³/mol. The van der Waals surface area contributed by atoms with Crippen LogP contribution in [0.4, 0.5) is 0 Å². The number of aromatic carboxylic acids is 1. The molecule has 1 aromatic heterocycles. The number of rotatable bonds is 9. The molecule has 4 aromatic rings. The first-order valence-corrected chi connectivity index (χ1v) is 17.4. The monoisotopic (exact) mass is 621 g/mol. The van der Waals surface area contributed by atoms with Crippen LogP contribution >= 0.6 is 0 Å². The van der Waals surface area contributed by atoms with Crippen LogP contribution in [-0.2, 0) is 17.6 Å². The minimum atomic E-state index is -3.64. The molecule has 0 aliphatic heterocycles. The third kappa shape index (κ3) is 6.37. The van der Waals surface area contributed by atoms with Gasteiger partial charge >= 0.3 is 240 Å². The number of esters is 1. The van der Waals surface area contributed by atoms with Crippen molar-refractivity contribution in [2.45, 2.75) is 50.3 Å². The molecule has 2 atom stereocenters. The van der Waals surface area contributed by atoms with Gasteiger partial charge in [0.15, 0.2) is 0 Å². The first-order chi connectivity index (χ1) is 18.9. The van der Waals surface area contributed by atoms with Crippen LogP contribution in [0, 0.1) is 27.7 Å². The number of carbonyl (C=O) groups excluding carboxylic acids is 1. The van der Waals surface area contributed by atoms with Gasteiger partial charge in [-0.05, 0) is 0 Å². The SMILES string of the molecule is Cc1ccc(S(=O)(=O)[As]C(C)C(=O)OC(c2cc(-n3ccnc3)ccc2C)c2c(C)cc(C(=O)O)cc2C)cc1. The number of imidazole rings is 1. The van der Waals surface area contributed by atoms with Gasteiger partial charge in [-0.3, -0.25) is 0 Å². The van der Waals surface area contributed by atoms with E-state index in [4.69, 9.17) is 4.74 Å². The maximum atomic E-state index is 13.5. The van der Waals surface area contributed by atoms with Crippen molar-refractivity contribution in [1.82, 2.24) is 9.55 Å². The van der Waals surface area contributed by atoms with Gasteiger partial charge in [0, 0.05) is 0 Å². The fraction of sp³-hybridized carbons (Fsp3) is 0.233. The van der Waals surface area contributed by atoms with Crippen molar-refractivity contribution in [3.05, 3.63) is 112 Å². The van der Waals surface area contributed by atoms with Crippen LogP contribution < -0.4 is 0 Å². The summed E-state index contributed by atoms with van der Waals surface area (Å²) in [6, 6.07) is 15.4. The van der Waals surface area contributed by atoms with E-state index in [2.05, 4.69) is 4.98 Å². The Bertz CT molecular complexity index is 1640. The standard InChI is InChI=1S/C30H30AsN2O6S/c1-18-6-10-25(11-7-18)40(37,38)31-22(5)30(36)39-28(27-20(3)14-23(29(34)35)15-21(27)4)26-16-24(9-8-19(26)2)33-13-12-32-17-33/h6-17,22,28H,1-5H3,(H,34,35). The molecular formula is C30H30AsN2O6S. The number of carboxylic acids is 1. The zero-order chi connectivity index (χ0) is 29.2. The quantitative estimate of drug-likeness (QED) is 0.198. The molecule has 207 valence electrons. The van der Waals surface area contributed by atoms with Crippen molar-refractivity contribution in [3.63, 3.8) is 0 Å². The first-order valence-electron chi connectivity index (χ1n) is 12.5. The van der Waals surface area contributed by atoms with E-state index in [-0.39, 0.29) is 10.5 Å². The van der Waals surface area contributed by atoms with Gasteiger partial charge in [-0.15, -0.1) is 0 Å². The molecule has 1 heterocycles. The Balaban J connectivity index is 1.74. The van der Waals surface area contributed by atoms with Crippen LogP contribution in [-0.4, -0.2) is 49.6 Å². The molecule has 0 saturated heterocycles. The molecule has 8 nitrogen and oxygen atoms in total. The molecular weight excluding hydrogens is 591 g/mol. The Morgan fingerprint density at radius 2 is 1.60 bits per heavy atom. The summed E-state index contributed by atoms with van der Waals surface area (Å²) in [6.45, 7) is 8.92. The summed E-state index contributed by atoms with van der Waals surface area (Å²) < 4.78 is 33.3. The molecule has 40 heavy (non-hydrogen) atoms. The van der Waals surface area contributed by atoms with Crippen LogP contribution in [0.5, 0.6) is 0 Å². The van der Waals surface area contributed by atoms with Crippen LogP contribution in [0.15, 0.2) is 78.2 Å². The van der Waals surface area contributed by atoms with E-state index < -0.39 is 45.4 Å². The summed E-state index contributed by atoms with van der Waals surface area (Å²) >= 11 is -1.47. The fourth-order valence-electron chi connectivity index (χ4n) is 4.51. The van der Waals surface area contributed by atoms with Gasteiger partial charge in [-0.1, -0.05) is 0 Å². The fourth-order valence-corrected chi connectivity index (χ4v) is 10.4. The average Bonchev–Trinajstić information content (AvgIpc) is 3.43. The van der Waals surface area contributed by atoms with E-state index in [9.17, 15) is 23.1 Å². The number of aromatic nitrogens is 2. The summed E-state index contributed by atoms with van der Waals surface area (Å²) in [5.74, 6) is -1.68. The van der Waals surface area contributed by atoms with E-state index in [1.807, 2.05) is 36.6 Å². The topological polar surface area (TPSA) is 116 Å². The molecule has 0 saturated carbocycles. The van der Waals surface area contributed by atoms with E-state index >= 15 is 0 Å². The van der Waals surface area contributed by atoms with Crippen molar-refractivity contribution in [2.75, 3.05) is 0 Å². The van der Waals surface area contributed by atoms with Crippen molar-refractivity contribution in [2.24, 2.45) is 0 Å². The second kappa shape index (κ2) is 11.8. The molecule has 0 aliphatic carbocycles. The van der Waals surface area contributed by atoms with Crippen molar-refractivity contribution in [1.29, 1.82) is 0 Å². The second-order valence-corrected chi connectivity index (χ2v) is 17.3. The number of hydrogen-bond acceptors (Lipinski definition) is 6. The molecule has 0 fully saturated rings. The molecule has 0 spiro atoms. The van der Waals surface area contributed by atoms with Crippen molar-refractivity contribution in [3.8, 4) is 5.69 Å². The molecule has 0 aliphatic rings. The summed E-state index contributed by atoms with van der Waals surface area (Å²) in [7, 11) is -3.64. The molecule has 3 aromatic carbocycles. The molecule has 10 heteroatoms. The van der Waals surface area contributed by atoms with E-state index in [1.54, 1.807) is 75.9 Å². The number of carboxylic acid groups (broad SMARTS) is 1. The zero-order valence-corrected chi connectivity index (χ0v) is 25.5. The Hall–Kier alpha value is -3.68. The Morgan fingerprint density at radius 1 is 0.950 bits per heavy atom. The summed E-state index contributed by atoms with van der Waals surface area (Å²) in [5, 5.41) is 9.55. The Kier molecular flexibility index (Phi) is 8.66. The first kappa shape index (κ1) is 29.3. The number of nitrogens with zero attached hydrogens (tertiary/aromatic N) is 2. The number of aryl methyl sites for hydroxylation is 4. The number of ether oxygens (including phenoxy) is 1. The number of carbonyl (C=O) groups is 2. The molecule has 0 bridgehead atoms. The average molecular weight is 622 g/mol. The van der Waals surface area contributed by atoms with Gasteiger partial charge in [-0.2, -0.15) is 0 Å². The van der Waals surface area contributed by atoms with Crippen LogP contribution in [0.3, 0.4) is 0 Å². The summed E-state index contributed by atoms with van der Waals surface area (Å²) in [4.78, 5) is 29.5. The Labute approximate surface area is 239 Å². The van der Waals surface area contributed by atoms with Gasteiger partial charge in [0.25, 0.3) is 0 Å². The van der Waals surface area contributed by atoms with Crippen LogP contribution in [0.1, 0.15) is 56.8 Å². The Morgan fingerprint density at radius 3 is 2.17 bits per heavy atom. The second-order valence-electron chi connectivity index (χ2n) is 9.73. The van der Waals surface area contributed by atoms with Crippen molar-refractivity contribution >= 4 is 34.6 Å². The molecule has 0 amide bonds. The van der Waals surface area contributed by atoms with E-state index in [0.29, 0.717) is 22.3 Å². The van der Waals surface area contributed by atoms with Gasteiger partial charge < -0.3 is 0 Å². The molecule has 1 radical (unpaired) electrons. The minimum absolute atomic E-state index is 0.135. The normalized spacial score (nSPS) is 13.3. The number of hydrogen-bond donors (Lipinski definition) is 1. The van der Waals surface area contributed by atoms with Gasteiger partial charge in [0.2, 0.25) is 0 Å². The van der Waals surface area contributed by atoms with Crippen molar-refractivity contribution < 1.29 is 27.9 Å². The summed E-state index contributed by atoms with van der Waals surface area (Å²) in [5.41, 5.74) is 5.40. The molecule has 2 unspecified atom stereocenters. The van der Waals surface area contributed by atoms with E-state index in [0.717, 1.165) is 16.8 Å². The van der Waals surface area contributed by atoms with Gasteiger partial charge in [0.1, 0.15) is 0 Å². The van der Waals surface area contributed by atoms with Crippen LogP contribution in [0.25, 0.3) is 5.69 Å². The molecule has 4 rings (SSSR count). The number of benzene rings is 3. The van der Waals surface area contributed by atoms with Gasteiger partial charge in [0.05, 0.1) is 0 Å². The third-order valence-electron chi connectivity index (χ3n) is 6.64. The van der Waals surface area contributed by atoms with Crippen LogP contribution in [0.2, 0.25) is 4.71 Å². The molecule has 1 N–H and O–H groups in total. The predicted octanol–water partition coefficient (Wildman–Crippen LogP) is 5.34. The summed E-state index contributed by atoms with van der Waals surface area (Å²) in [6.07, 6.45) is 4.24. The third-order valence-corrected chi connectivity index (χ3v) is 13.6. The zero-order valence-electron chi connectivity index (χ0n) is 22.8. The van der Waals surface area contributed by atoms with Gasteiger partial charge in [-0.25, -0.2) is 0 Å².